The molecule has 2 rings (SSSR count). The topological polar surface area (TPSA) is 76.2 Å². The number of carbonyl (C=O) groups excluding carboxylic acids is 1. The van der Waals surface area contributed by atoms with Gasteiger partial charge in [0.15, 0.2) is 0 Å². The molecule has 7 heteroatoms. The van der Waals surface area contributed by atoms with Crippen molar-refractivity contribution in [3.8, 4) is 5.75 Å². The van der Waals surface area contributed by atoms with E-state index in [1.165, 1.54) is 18.6 Å². The third-order valence-electron chi connectivity index (χ3n) is 4.39. The van der Waals surface area contributed by atoms with E-state index < -0.39 is 0 Å². The average molecular weight is 404 g/mol. The Morgan fingerprint density at radius 3 is 2.61 bits per heavy atom. The quantitative estimate of drug-likeness (QED) is 0.435. The summed E-state index contributed by atoms with van der Waals surface area (Å²) in [5.41, 5.74) is 2.42. The molecule has 1 heterocycles. The Kier molecular flexibility index (Phi) is 7.18. The molecule has 0 spiro atoms. The van der Waals surface area contributed by atoms with E-state index >= 15 is 0 Å². The normalized spacial score (nSPS) is 13.1. The van der Waals surface area contributed by atoms with Gasteiger partial charge in [0.1, 0.15) is 10.4 Å². The lowest BCUT2D eigenvalue weighted by Crippen LogP contribution is -2.18. The van der Waals surface area contributed by atoms with Crippen LogP contribution in [0.4, 0.5) is 0 Å². The van der Waals surface area contributed by atoms with Gasteiger partial charge in [-0.1, -0.05) is 18.5 Å². The van der Waals surface area contributed by atoms with E-state index in [4.69, 9.17) is 9.94 Å². The zero-order valence-corrected chi connectivity index (χ0v) is 18.3. The van der Waals surface area contributed by atoms with Crippen LogP contribution in [0.25, 0.3) is 0 Å². The second kappa shape index (κ2) is 9.19. The monoisotopic (exact) mass is 403 g/mol. The summed E-state index contributed by atoms with van der Waals surface area (Å²) in [4.78, 5) is 17.4. The van der Waals surface area contributed by atoms with E-state index in [-0.39, 0.29) is 11.4 Å². The fourth-order valence-electron chi connectivity index (χ4n) is 2.65. The molecule has 1 aromatic heterocycles. The van der Waals surface area contributed by atoms with Crippen molar-refractivity contribution in [3.05, 3.63) is 45.8 Å². The largest absolute Gasteiger partial charge is 0.496 e. The van der Waals surface area contributed by atoms with Crippen molar-refractivity contribution in [3.63, 3.8) is 0 Å². The van der Waals surface area contributed by atoms with E-state index in [0.29, 0.717) is 22.6 Å². The van der Waals surface area contributed by atoms with Gasteiger partial charge >= 0.3 is 0 Å². The second-order valence-corrected chi connectivity index (χ2v) is 8.63. The van der Waals surface area contributed by atoms with Gasteiger partial charge in [-0.15, -0.1) is 0 Å². The molecule has 0 atom stereocenters. The summed E-state index contributed by atoms with van der Waals surface area (Å²) in [7, 11) is 1.52. The first-order valence-electron chi connectivity index (χ1n) is 9.39. The molecule has 0 unspecified atom stereocenters. The van der Waals surface area contributed by atoms with E-state index in [0.717, 1.165) is 29.5 Å². The van der Waals surface area contributed by atoms with Gasteiger partial charge in [0.2, 0.25) is 0 Å². The summed E-state index contributed by atoms with van der Waals surface area (Å²) in [6, 6.07) is 5.08. The maximum Gasteiger partial charge on any atom is 0.282 e. The highest BCUT2D eigenvalue weighted by molar-refractivity contribution is 7.04. The number of aromatic nitrogens is 1. The van der Waals surface area contributed by atoms with Gasteiger partial charge in [0.25, 0.3) is 5.91 Å². The van der Waals surface area contributed by atoms with Crippen LogP contribution in [-0.2, 0) is 12.0 Å². The highest BCUT2D eigenvalue weighted by Crippen LogP contribution is 2.22. The number of ether oxygens (including phenoxy) is 1. The van der Waals surface area contributed by atoms with Crippen molar-refractivity contribution in [2.24, 2.45) is 10.1 Å². The number of benzene rings is 1. The number of hydrogen-bond donors (Lipinski definition) is 1. The van der Waals surface area contributed by atoms with Crippen LogP contribution in [0.15, 0.2) is 34.5 Å². The maximum atomic E-state index is 13.0. The smallest absolute Gasteiger partial charge is 0.282 e. The molecule has 1 amide bonds. The summed E-state index contributed by atoms with van der Waals surface area (Å²) in [6.07, 6.45) is 5.11. The molecular weight excluding hydrogens is 374 g/mol. The lowest BCUT2D eigenvalue weighted by molar-refractivity contribution is 0.0996. The Labute approximate surface area is 170 Å². The van der Waals surface area contributed by atoms with E-state index in [1.54, 1.807) is 25.1 Å². The minimum atomic E-state index is -0.370. The molecule has 0 aliphatic rings. The highest BCUT2D eigenvalue weighted by Gasteiger charge is 2.18. The molecule has 0 saturated carbocycles. The molecule has 2 aromatic rings. The Morgan fingerprint density at radius 2 is 2.04 bits per heavy atom. The number of methoxy groups -OCH3 is 1. The van der Waals surface area contributed by atoms with Gasteiger partial charge in [-0.25, -0.2) is 0 Å². The van der Waals surface area contributed by atoms with Crippen molar-refractivity contribution in [2.45, 2.75) is 59.4 Å². The number of carbonyl (C=O) groups is 1. The summed E-state index contributed by atoms with van der Waals surface area (Å²) >= 11 is 1.49. The summed E-state index contributed by atoms with van der Waals surface area (Å²) in [6.45, 7) is 10.2. The van der Waals surface area contributed by atoms with Gasteiger partial charge in [-0.2, -0.15) is 4.99 Å². The van der Waals surface area contributed by atoms with Crippen LogP contribution in [-0.4, -0.2) is 27.9 Å². The molecule has 152 valence electrons. The molecular formula is C21H29N3O3S. The van der Waals surface area contributed by atoms with Gasteiger partial charge in [0, 0.05) is 22.9 Å². The van der Waals surface area contributed by atoms with Crippen LogP contribution >= 0.6 is 11.5 Å². The van der Waals surface area contributed by atoms with E-state index in [2.05, 4.69) is 48.0 Å². The predicted octanol–water partition coefficient (Wildman–Crippen LogP) is 4.60. The summed E-state index contributed by atoms with van der Waals surface area (Å²) in [5, 5.41) is 12.2. The first-order valence-corrected chi connectivity index (χ1v) is 10.2. The van der Waals surface area contributed by atoms with Crippen LogP contribution < -0.4 is 9.41 Å². The molecule has 0 bridgehead atoms. The van der Waals surface area contributed by atoms with Crippen molar-refractivity contribution in [2.75, 3.05) is 7.11 Å². The SMILES string of the molecule is CCCCc1cn(C(C)(C)C)sc1=NC(=O)c1cc(/C(C)=N\O)ccc1OC. The Hall–Kier alpha value is -2.41. The van der Waals surface area contributed by atoms with Crippen molar-refractivity contribution in [1.29, 1.82) is 0 Å². The number of rotatable bonds is 6. The lowest BCUT2D eigenvalue weighted by Gasteiger charge is -2.19. The van der Waals surface area contributed by atoms with Gasteiger partial charge in [-0.05, 0) is 70.3 Å². The van der Waals surface area contributed by atoms with Crippen molar-refractivity contribution >= 4 is 23.2 Å². The first kappa shape index (κ1) is 21.9. The Bertz CT molecular complexity index is 933. The number of oxime groups is 1. The number of unbranched alkanes of at least 4 members (excludes halogenated alkanes) is 1. The van der Waals surface area contributed by atoms with E-state index in [1.807, 2.05) is 0 Å². The van der Waals surface area contributed by atoms with Crippen LogP contribution in [0.1, 0.15) is 68.9 Å². The van der Waals surface area contributed by atoms with Crippen LogP contribution in [0.3, 0.4) is 0 Å². The zero-order chi connectivity index (χ0) is 20.9. The second-order valence-electron chi connectivity index (χ2n) is 7.67. The maximum absolute atomic E-state index is 13.0. The molecule has 0 saturated heterocycles. The molecule has 28 heavy (non-hydrogen) atoms. The number of aryl methyl sites for hydroxylation is 1. The minimum absolute atomic E-state index is 0.0746. The Morgan fingerprint density at radius 1 is 1.32 bits per heavy atom. The number of amides is 1. The van der Waals surface area contributed by atoms with Gasteiger partial charge < -0.3 is 9.94 Å². The fraction of sp³-hybridized carbons (Fsp3) is 0.476. The third-order valence-corrected chi connectivity index (χ3v) is 5.77. The van der Waals surface area contributed by atoms with Crippen molar-refractivity contribution in [1.82, 2.24) is 3.96 Å². The summed E-state index contributed by atoms with van der Waals surface area (Å²) < 4.78 is 8.21. The summed E-state index contributed by atoms with van der Waals surface area (Å²) in [5.74, 6) is 0.0729. The number of nitrogens with zero attached hydrogens (tertiary/aromatic N) is 3. The highest BCUT2D eigenvalue weighted by atomic mass is 32.1. The molecule has 1 aromatic carbocycles. The molecule has 0 fully saturated rings. The van der Waals surface area contributed by atoms with Gasteiger partial charge in [0.05, 0.1) is 18.4 Å². The predicted molar refractivity (Wildman–Crippen MR) is 113 cm³/mol. The molecule has 0 aliphatic heterocycles. The molecule has 6 nitrogen and oxygen atoms in total. The third kappa shape index (κ3) is 5.10. The Balaban J connectivity index is 2.55. The molecule has 0 radical (unpaired) electrons. The lowest BCUT2D eigenvalue weighted by atomic mass is 10.1. The average Bonchev–Trinajstić information content (AvgIpc) is 3.08. The standard InChI is InChI=1S/C21H29N3O3S/c1-7-8-9-16-13-24(21(3,4)5)28-20(16)22-19(25)17-12-15(14(2)23-26)10-11-18(17)27-6/h10-13,26H,7-9H2,1-6H3/b22-20?,23-14-. The van der Waals surface area contributed by atoms with Crippen molar-refractivity contribution < 1.29 is 14.7 Å². The molecule has 1 N–H and O–H groups in total. The van der Waals surface area contributed by atoms with Crippen LogP contribution in [0.2, 0.25) is 0 Å². The van der Waals surface area contributed by atoms with Gasteiger partial charge in [-0.3, -0.25) is 8.75 Å². The zero-order valence-electron chi connectivity index (χ0n) is 17.4. The van der Waals surface area contributed by atoms with Crippen LogP contribution in [0.5, 0.6) is 5.75 Å². The van der Waals surface area contributed by atoms with E-state index in [9.17, 15) is 4.79 Å². The number of hydrogen-bond acceptors (Lipinski definition) is 5. The first-order chi connectivity index (χ1) is 13.2. The minimum Gasteiger partial charge on any atom is -0.496 e. The fourth-order valence-corrected chi connectivity index (χ4v) is 3.68. The molecule has 0 aliphatic carbocycles. The van der Waals surface area contributed by atoms with Crippen LogP contribution in [0, 0.1) is 0 Å².